The normalized spacial score (nSPS) is 11.8. The number of carbonyl (C=O) groups excluding carboxylic acids is 1. The molecular weight excluding hydrogens is 304 g/mol. The zero-order chi connectivity index (χ0) is 15.9. The van der Waals surface area contributed by atoms with E-state index in [0.29, 0.717) is 16.3 Å². The zero-order valence-corrected chi connectivity index (χ0v) is 12.5. The van der Waals surface area contributed by atoms with Gasteiger partial charge in [0.2, 0.25) is 0 Å². The van der Waals surface area contributed by atoms with Gasteiger partial charge in [-0.25, -0.2) is 0 Å². The quantitative estimate of drug-likeness (QED) is 0.658. The molecule has 0 aliphatic heterocycles. The van der Waals surface area contributed by atoms with E-state index < -0.39 is 6.10 Å². The number of anilines is 2. The molecule has 2 aromatic carbocycles. The minimum Gasteiger partial charge on any atom is -0.394 e. The van der Waals surface area contributed by atoms with Crippen molar-refractivity contribution in [2.24, 2.45) is 0 Å². The van der Waals surface area contributed by atoms with E-state index in [1.165, 1.54) is 0 Å². The molecule has 6 heteroatoms. The summed E-state index contributed by atoms with van der Waals surface area (Å²) in [5.74, 6) is -0.276. The van der Waals surface area contributed by atoms with Crippen LogP contribution in [0.1, 0.15) is 10.4 Å². The van der Waals surface area contributed by atoms with Crippen LogP contribution in [0.25, 0.3) is 0 Å². The molecule has 1 amide bonds. The molecule has 0 radical (unpaired) electrons. The number of carbonyl (C=O) groups is 1. The van der Waals surface area contributed by atoms with E-state index in [2.05, 4.69) is 10.6 Å². The van der Waals surface area contributed by atoms with E-state index in [4.69, 9.17) is 16.7 Å². The first kappa shape index (κ1) is 16.3. The van der Waals surface area contributed by atoms with Crippen LogP contribution in [0.3, 0.4) is 0 Å². The lowest BCUT2D eigenvalue weighted by Crippen LogP contribution is -2.22. The standard InChI is InChI=1S/C16H17ClN2O3/c17-15-4-2-1-3-14(15)16(22)19-12-7-5-11(6-8-12)18-9-13(21)10-20/h1-8,13,18,20-21H,9-10H2,(H,19,22). The molecule has 0 aromatic heterocycles. The Morgan fingerprint density at radius 2 is 1.73 bits per heavy atom. The third-order valence-corrected chi connectivity index (χ3v) is 3.34. The fraction of sp³-hybridized carbons (Fsp3) is 0.188. The van der Waals surface area contributed by atoms with E-state index >= 15 is 0 Å². The van der Waals surface area contributed by atoms with Crippen LogP contribution < -0.4 is 10.6 Å². The van der Waals surface area contributed by atoms with E-state index in [1.54, 1.807) is 48.5 Å². The summed E-state index contributed by atoms with van der Waals surface area (Å²) >= 11 is 5.98. The molecular formula is C16H17ClN2O3. The van der Waals surface area contributed by atoms with Gasteiger partial charge >= 0.3 is 0 Å². The summed E-state index contributed by atoms with van der Waals surface area (Å²) in [7, 11) is 0. The van der Waals surface area contributed by atoms with Crippen LogP contribution in [0.2, 0.25) is 5.02 Å². The molecule has 0 aliphatic rings. The Labute approximate surface area is 133 Å². The molecule has 2 rings (SSSR count). The summed E-state index contributed by atoms with van der Waals surface area (Å²) in [5, 5.41) is 24.1. The third kappa shape index (κ3) is 4.46. The molecule has 5 nitrogen and oxygen atoms in total. The van der Waals surface area contributed by atoms with Crippen molar-refractivity contribution in [3.8, 4) is 0 Å². The van der Waals surface area contributed by atoms with Gasteiger partial charge in [0.25, 0.3) is 5.91 Å². The van der Waals surface area contributed by atoms with Gasteiger partial charge < -0.3 is 20.8 Å². The minimum absolute atomic E-state index is 0.252. The maximum Gasteiger partial charge on any atom is 0.257 e. The van der Waals surface area contributed by atoms with Crippen molar-refractivity contribution in [3.05, 3.63) is 59.1 Å². The minimum atomic E-state index is -0.806. The molecule has 1 atom stereocenters. The largest absolute Gasteiger partial charge is 0.394 e. The first-order chi connectivity index (χ1) is 10.6. The Bertz CT molecular complexity index is 632. The number of hydrogen-bond acceptors (Lipinski definition) is 4. The Morgan fingerprint density at radius 1 is 1.09 bits per heavy atom. The molecule has 0 saturated heterocycles. The summed E-state index contributed by atoms with van der Waals surface area (Å²) in [5.41, 5.74) is 1.83. The predicted octanol–water partition coefficient (Wildman–Crippen LogP) is 2.36. The first-order valence-corrected chi connectivity index (χ1v) is 7.16. The second-order valence-electron chi connectivity index (χ2n) is 4.73. The summed E-state index contributed by atoms with van der Waals surface area (Å²) in [4.78, 5) is 12.1. The van der Waals surface area contributed by atoms with Crippen LogP contribution >= 0.6 is 11.6 Å². The number of amides is 1. The molecule has 0 aliphatic carbocycles. The van der Waals surface area contributed by atoms with Crippen LogP contribution in [0.5, 0.6) is 0 Å². The van der Waals surface area contributed by atoms with Crippen molar-refractivity contribution >= 4 is 28.9 Å². The van der Waals surface area contributed by atoms with Gasteiger partial charge in [0.1, 0.15) is 0 Å². The maximum atomic E-state index is 12.1. The highest BCUT2D eigenvalue weighted by Gasteiger charge is 2.09. The highest BCUT2D eigenvalue weighted by molar-refractivity contribution is 6.34. The average molecular weight is 321 g/mol. The van der Waals surface area contributed by atoms with Gasteiger partial charge in [-0.15, -0.1) is 0 Å². The molecule has 0 saturated carbocycles. The van der Waals surface area contributed by atoms with Crippen molar-refractivity contribution < 1.29 is 15.0 Å². The van der Waals surface area contributed by atoms with Crippen LogP contribution in [-0.4, -0.2) is 35.4 Å². The van der Waals surface area contributed by atoms with Crippen molar-refractivity contribution in [1.29, 1.82) is 0 Å². The monoisotopic (exact) mass is 320 g/mol. The van der Waals surface area contributed by atoms with Crippen LogP contribution in [-0.2, 0) is 0 Å². The van der Waals surface area contributed by atoms with Crippen molar-refractivity contribution in [2.45, 2.75) is 6.10 Å². The Hall–Kier alpha value is -2.08. The summed E-state index contributed by atoms with van der Waals surface area (Å²) in [6.07, 6.45) is -0.806. The Morgan fingerprint density at radius 3 is 2.36 bits per heavy atom. The zero-order valence-electron chi connectivity index (χ0n) is 11.8. The summed E-state index contributed by atoms with van der Waals surface area (Å²) in [6.45, 7) is -0.0409. The van der Waals surface area contributed by atoms with E-state index in [0.717, 1.165) is 5.69 Å². The molecule has 2 aromatic rings. The van der Waals surface area contributed by atoms with Gasteiger partial charge in [0, 0.05) is 17.9 Å². The van der Waals surface area contributed by atoms with E-state index in [-0.39, 0.29) is 19.1 Å². The molecule has 0 fully saturated rings. The number of nitrogens with one attached hydrogen (secondary N) is 2. The summed E-state index contributed by atoms with van der Waals surface area (Å²) < 4.78 is 0. The maximum absolute atomic E-state index is 12.1. The molecule has 1 unspecified atom stereocenters. The smallest absolute Gasteiger partial charge is 0.257 e. The van der Waals surface area contributed by atoms with Gasteiger partial charge in [0.15, 0.2) is 0 Å². The lowest BCUT2D eigenvalue weighted by Gasteiger charge is -2.11. The molecule has 116 valence electrons. The lowest BCUT2D eigenvalue weighted by atomic mass is 10.2. The van der Waals surface area contributed by atoms with Crippen LogP contribution in [0, 0.1) is 0 Å². The van der Waals surface area contributed by atoms with Gasteiger partial charge in [-0.3, -0.25) is 4.79 Å². The van der Waals surface area contributed by atoms with E-state index in [1.807, 2.05) is 0 Å². The Kier molecular flexibility index (Phi) is 5.77. The fourth-order valence-corrected chi connectivity index (χ4v) is 2.04. The van der Waals surface area contributed by atoms with Gasteiger partial charge in [-0.1, -0.05) is 23.7 Å². The lowest BCUT2D eigenvalue weighted by molar-refractivity contribution is 0.102. The van der Waals surface area contributed by atoms with Gasteiger partial charge in [0.05, 0.1) is 23.3 Å². The van der Waals surface area contributed by atoms with E-state index in [9.17, 15) is 9.90 Å². The molecule has 4 N–H and O–H groups in total. The number of aliphatic hydroxyl groups excluding tert-OH is 2. The topological polar surface area (TPSA) is 81.6 Å². The average Bonchev–Trinajstić information content (AvgIpc) is 2.54. The fourth-order valence-electron chi connectivity index (χ4n) is 1.82. The summed E-state index contributed by atoms with van der Waals surface area (Å²) in [6, 6.07) is 13.9. The highest BCUT2D eigenvalue weighted by Crippen LogP contribution is 2.18. The number of aliphatic hydroxyl groups is 2. The first-order valence-electron chi connectivity index (χ1n) is 6.79. The van der Waals surface area contributed by atoms with Gasteiger partial charge in [-0.05, 0) is 36.4 Å². The SMILES string of the molecule is O=C(Nc1ccc(NCC(O)CO)cc1)c1ccccc1Cl. The molecule has 0 spiro atoms. The number of halogens is 1. The third-order valence-electron chi connectivity index (χ3n) is 3.01. The molecule has 0 bridgehead atoms. The van der Waals surface area contributed by atoms with Crippen molar-refractivity contribution in [1.82, 2.24) is 0 Å². The Balaban J connectivity index is 1.96. The van der Waals surface area contributed by atoms with Crippen LogP contribution in [0.15, 0.2) is 48.5 Å². The predicted molar refractivity (Wildman–Crippen MR) is 87.4 cm³/mol. The van der Waals surface area contributed by atoms with Crippen LogP contribution in [0.4, 0.5) is 11.4 Å². The highest BCUT2D eigenvalue weighted by atomic mass is 35.5. The second-order valence-corrected chi connectivity index (χ2v) is 5.14. The molecule has 0 heterocycles. The second kappa shape index (κ2) is 7.79. The number of rotatable bonds is 6. The van der Waals surface area contributed by atoms with Gasteiger partial charge in [-0.2, -0.15) is 0 Å². The van der Waals surface area contributed by atoms with Crippen molar-refractivity contribution in [2.75, 3.05) is 23.8 Å². The molecule has 22 heavy (non-hydrogen) atoms. The number of benzene rings is 2. The number of hydrogen-bond donors (Lipinski definition) is 4. The van der Waals surface area contributed by atoms with Crippen molar-refractivity contribution in [3.63, 3.8) is 0 Å².